The lowest BCUT2D eigenvalue weighted by Gasteiger charge is -2.35. The lowest BCUT2D eigenvalue weighted by atomic mass is 9.92. The third-order valence-corrected chi connectivity index (χ3v) is 4.20. The van der Waals surface area contributed by atoms with Gasteiger partial charge in [0.05, 0.1) is 6.61 Å². The summed E-state index contributed by atoms with van der Waals surface area (Å²) in [4.78, 5) is 27.2. The van der Waals surface area contributed by atoms with Gasteiger partial charge in [0, 0.05) is 23.7 Å². The number of alkyl halides is 1. The first-order chi connectivity index (χ1) is 11.3. The van der Waals surface area contributed by atoms with Crippen LogP contribution >= 0.6 is 15.9 Å². The van der Waals surface area contributed by atoms with Gasteiger partial charge in [0.1, 0.15) is 6.04 Å². The van der Waals surface area contributed by atoms with E-state index in [1.165, 1.54) is 0 Å². The number of hydrogen-bond donors (Lipinski definition) is 0. The van der Waals surface area contributed by atoms with Gasteiger partial charge in [-0.25, -0.2) is 4.79 Å². The van der Waals surface area contributed by atoms with Gasteiger partial charge >= 0.3 is 5.97 Å². The molecule has 0 bridgehead atoms. The first-order valence-corrected chi connectivity index (χ1v) is 9.51. The highest BCUT2D eigenvalue weighted by molar-refractivity contribution is 9.09. The van der Waals surface area contributed by atoms with Crippen LogP contribution in [0.5, 0.6) is 0 Å². The van der Waals surface area contributed by atoms with E-state index >= 15 is 0 Å². The molecule has 0 heterocycles. The minimum Gasteiger partial charge on any atom is -0.464 e. The summed E-state index contributed by atoms with van der Waals surface area (Å²) in [7, 11) is 0. The molecule has 0 spiro atoms. The Labute approximate surface area is 153 Å². The number of nitrogens with zero attached hydrogens (tertiary/aromatic N) is 1. The fourth-order valence-electron chi connectivity index (χ4n) is 2.46. The number of hydrogen-bond acceptors (Lipinski definition) is 3. The predicted octanol–water partition coefficient (Wildman–Crippen LogP) is 3.82. The number of ether oxygens (including phenoxy) is 1. The molecule has 5 heteroatoms. The number of amides is 1. The molecule has 134 valence electrons. The Hall–Kier alpha value is -1.36. The zero-order valence-corrected chi connectivity index (χ0v) is 16.6. The highest BCUT2D eigenvalue weighted by atomic mass is 79.9. The maximum absolute atomic E-state index is 12.9. The largest absolute Gasteiger partial charge is 0.464 e. The second kappa shape index (κ2) is 9.82. The van der Waals surface area contributed by atoms with Crippen LogP contribution in [0.25, 0.3) is 0 Å². The molecule has 0 N–H and O–H groups in total. The number of benzene rings is 1. The summed E-state index contributed by atoms with van der Waals surface area (Å²) in [6.45, 7) is 8.24. The van der Waals surface area contributed by atoms with Gasteiger partial charge in [-0.05, 0) is 18.9 Å². The van der Waals surface area contributed by atoms with Crippen LogP contribution in [0, 0.1) is 5.41 Å². The van der Waals surface area contributed by atoms with Crippen molar-refractivity contribution in [2.75, 3.05) is 18.5 Å². The van der Waals surface area contributed by atoms with E-state index in [1.54, 1.807) is 11.8 Å². The van der Waals surface area contributed by atoms with Crippen LogP contribution in [0.2, 0.25) is 0 Å². The molecule has 24 heavy (non-hydrogen) atoms. The summed E-state index contributed by atoms with van der Waals surface area (Å²) in [5, 5.41) is 0.780. The molecule has 1 rings (SSSR count). The van der Waals surface area contributed by atoms with Crippen molar-refractivity contribution in [2.24, 2.45) is 5.41 Å². The molecule has 1 aromatic carbocycles. The van der Waals surface area contributed by atoms with E-state index in [-0.39, 0.29) is 11.9 Å². The summed E-state index contributed by atoms with van der Waals surface area (Å²) in [5.41, 5.74) is 0.467. The Morgan fingerprint density at radius 3 is 2.33 bits per heavy atom. The predicted molar refractivity (Wildman–Crippen MR) is 100 cm³/mol. The topological polar surface area (TPSA) is 46.6 Å². The SMILES string of the molecule is CCOC(=O)[C@H](Cc1ccccc1)N(CCCBr)C(=O)C(C)(C)C. The fraction of sp³-hybridized carbons (Fsp3) is 0.579. The first-order valence-electron chi connectivity index (χ1n) is 8.38. The number of esters is 1. The minimum absolute atomic E-state index is 0.0302. The molecule has 0 saturated carbocycles. The lowest BCUT2D eigenvalue weighted by molar-refractivity contribution is -0.157. The highest BCUT2D eigenvalue weighted by Crippen LogP contribution is 2.22. The standard InChI is InChI=1S/C19H28BrNO3/c1-5-24-17(22)16(14-15-10-7-6-8-11-15)21(13-9-12-20)18(23)19(2,3)4/h6-8,10-11,16H,5,9,12-14H2,1-4H3/t16-/m0/s1. The Morgan fingerprint density at radius 1 is 1.21 bits per heavy atom. The molecule has 1 amide bonds. The number of rotatable bonds is 8. The molecule has 0 saturated heterocycles. The fourth-order valence-corrected chi connectivity index (χ4v) is 2.71. The van der Waals surface area contributed by atoms with E-state index in [1.807, 2.05) is 51.1 Å². The molecule has 1 atom stereocenters. The number of carbonyl (C=O) groups excluding carboxylic acids is 2. The Morgan fingerprint density at radius 2 is 1.83 bits per heavy atom. The van der Waals surface area contributed by atoms with E-state index < -0.39 is 11.5 Å². The molecule has 0 aromatic heterocycles. The van der Waals surface area contributed by atoms with E-state index in [0.29, 0.717) is 19.6 Å². The molecule has 0 fully saturated rings. The van der Waals surface area contributed by atoms with Gasteiger partial charge in [-0.1, -0.05) is 67.0 Å². The second-order valence-electron chi connectivity index (χ2n) is 6.75. The van der Waals surface area contributed by atoms with Crippen molar-refractivity contribution in [2.45, 2.75) is 46.6 Å². The molecule has 1 aromatic rings. The maximum atomic E-state index is 12.9. The van der Waals surface area contributed by atoms with Gasteiger partial charge in [0.15, 0.2) is 0 Å². The van der Waals surface area contributed by atoms with Gasteiger partial charge in [-0.2, -0.15) is 0 Å². The van der Waals surface area contributed by atoms with Crippen molar-refractivity contribution >= 4 is 27.8 Å². The first kappa shape index (κ1) is 20.7. The van der Waals surface area contributed by atoms with E-state index in [0.717, 1.165) is 17.3 Å². The second-order valence-corrected chi connectivity index (χ2v) is 7.54. The summed E-state index contributed by atoms with van der Waals surface area (Å²) in [6, 6.07) is 9.15. The van der Waals surface area contributed by atoms with Crippen LogP contribution in [-0.4, -0.2) is 41.3 Å². The number of halogens is 1. The van der Waals surface area contributed by atoms with Crippen molar-refractivity contribution in [1.29, 1.82) is 0 Å². The molecular formula is C19H28BrNO3. The Bertz CT molecular complexity index is 525. The van der Waals surface area contributed by atoms with Crippen LogP contribution in [0.15, 0.2) is 30.3 Å². The van der Waals surface area contributed by atoms with Gasteiger partial charge in [-0.3, -0.25) is 4.79 Å². The van der Waals surface area contributed by atoms with E-state index in [4.69, 9.17) is 4.74 Å². The summed E-state index contributed by atoms with van der Waals surface area (Å²) >= 11 is 3.41. The van der Waals surface area contributed by atoms with Crippen LogP contribution in [0.1, 0.15) is 39.7 Å². The lowest BCUT2D eigenvalue weighted by Crippen LogP contribution is -2.51. The summed E-state index contributed by atoms with van der Waals surface area (Å²) < 4.78 is 5.26. The summed E-state index contributed by atoms with van der Waals surface area (Å²) in [6.07, 6.45) is 1.25. The monoisotopic (exact) mass is 397 g/mol. The number of carbonyl (C=O) groups is 2. The molecule has 0 aliphatic rings. The van der Waals surface area contributed by atoms with Crippen molar-refractivity contribution in [3.8, 4) is 0 Å². The molecule has 0 radical (unpaired) electrons. The maximum Gasteiger partial charge on any atom is 0.329 e. The van der Waals surface area contributed by atoms with E-state index in [9.17, 15) is 9.59 Å². The third kappa shape index (κ3) is 6.27. The van der Waals surface area contributed by atoms with E-state index in [2.05, 4.69) is 15.9 Å². The molecule has 0 aliphatic carbocycles. The molecule has 0 unspecified atom stereocenters. The highest BCUT2D eigenvalue weighted by Gasteiger charge is 2.36. The van der Waals surface area contributed by atoms with Crippen LogP contribution in [-0.2, 0) is 20.7 Å². The van der Waals surface area contributed by atoms with Crippen LogP contribution < -0.4 is 0 Å². The quantitative estimate of drug-likeness (QED) is 0.494. The molecule has 0 aliphatic heterocycles. The Kier molecular flexibility index (Phi) is 8.46. The zero-order chi connectivity index (χ0) is 18.2. The normalized spacial score (nSPS) is 12.5. The van der Waals surface area contributed by atoms with Gasteiger partial charge in [0.2, 0.25) is 5.91 Å². The average Bonchev–Trinajstić information content (AvgIpc) is 2.54. The summed E-state index contributed by atoms with van der Waals surface area (Å²) in [5.74, 6) is -0.369. The van der Waals surface area contributed by atoms with Crippen molar-refractivity contribution in [3.05, 3.63) is 35.9 Å². The van der Waals surface area contributed by atoms with Gasteiger partial charge < -0.3 is 9.64 Å². The Balaban J connectivity index is 3.13. The van der Waals surface area contributed by atoms with Crippen molar-refractivity contribution in [1.82, 2.24) is 4.90 Å². The smallest absolute Gasteiger partial charge is 0.329 e. The zero-order valence-electron chi connectivity index (χ0n) is 15.0. The van der Waals surface area contributed by atoms with Crippen molar-refractivity contribution in [3.63, 3.8) is 0 Å². The molecular weight excluding hydrogens is 370 g/mol. The average molecular weight is 398 g/mol. The molecule has 4 nitrogen and oxygen atoms in total. The van der Waals surface area contributed by atoms with Gasteiger partial charge in [-0.15, -0.1) is 0 Å². The van der Waals surface area contributed by atoms with Crippen LogP contribution in [0.3, 0.4) is 0 Å². The third-order valence-electron chi connectivity index (χ3n) is 3.64. The van der Waals surface area contributed by atoms with Crippen molar-refractivity contribution < 1.29 is 14.3 Å². The van der Waals surface area contributed by atoms with Gasteiger partial charge in [0.25, 0.3) is 0 Å². The minimum atomic E-state index is -0.599. The van der Waals surface area contributed by atoms with Crippen LogP contribution in [0.4, 0.5) is 0 Å².